The summed E-state index contributed by atoms with van der Waals surface area (Å²) in [4.78, 5) is 25.7. The lowest BCUT2D eigenvalue weighted by Gasteiger charge is -2.14. The predicted molar refractivity (Wildman–Crippen MR) is 119 cm³/mol. The van der Waals surface area contributed by atoms with E-state index in [-0.39, 0.29) is 16.1 Å². The van der Waals surface area contributed by atoms with Crippen LogP contribution in [0.1, 0.15) is 15.4 Å². The molecule has 1 fully saturated rings. The Kier molecular flexibility index (Phi) is 5.49. The van der Waals surface area contributed by atoms with E-state index in [9.17, 15) is 9.59 Å². The zero-order valence-corrected chi connectivity index (χ0v) is 18.1. The highest BCUT2D eigenvalue weighted by atomic mass is 79.9. The molecule has 140 valence electrons. The third-order valence-electron chi connectivity index (χ3n) is 3.78. The van der Waals surface area contributed by atoms with Gasteiger partial charge in [0.15, 0.2) is 4.32 Å². The molecule has 2 amide bonds. The molecule has 1 saturated heterocycles. The van der Waals surface area contributed by atoms with E-state index in [1.807, 2.05) is 30.3 Å². The zero-order chi connectivity index (χ0) is 19.7. The van der Waals surface area contributed by atoms with E-state index >= 15 is 0 Å². The predicted octanol–water partition coefficient (Wildman–Crippen LogP) is 5.32. The summed E-state index contributed by atoms with van der Waals surface area (Å²) in [6.07, 6.45) is 1.62. The second kappa shape index (κ2) is 8.04. The van der Waals surface area contributed by atoms with Gasteiger partial charge in [-0.25, -0.2) is 0 Å². The van der Waals surface area contributed by atoms with Crippen LogP contribution in [0, 0.1) is 0 Å². The van der Waals surface area contributed by atoms with Gasteiger partial charge in [-0.3, -0.25) is 15.0 Å². The molecular formula is C19H11BrN2O3S3. The maximum Gasteiger partial charge on any atom is 0.285 e. The number of carbonyl (C=O) groups is 2. The monoisotopic (exact) mass is 490 g/mol. The summed E-state index contributed by atoms with van der Waals surface area (Å²) in [5, 5.41) is 2.88. The van der Waals surface area contributed by atoms with Gasteiger partial charge in [0, 0.05) is 16.1 Å². The molecule has 2 aromatic heterocycles. The molecule has 3 aromatic rings. The van der Waals surface area contributed by atoms with Crippen molar-refractivity contribution in [3.63, 3.8) is 0 Å². The Morgan fingerprint density at radius 3 is 2.68 bits per heavy atom. The third kappa shape index (κ3) is 3.97. The minimum atomic E-state index is -0.388. The van der Waals surface area contributed by atoms with Crippen LogP contribution in [-0.2, 0) is 4.79 Å². The van der Waals surface area contributed by atoms with Crippen molar-refractivity contribution in [1.29, 1.82) is 0 Å². The van der Waals surface area contributed by atoms with Crippen molar-refractivity contribution in [2.75, 3.05) is 0 Å². The first-order chi connectivity index (χ1) is 13.5. The van der Waals surface area contributed by atoms with Gasteiger partial charge in [0.25, 0.3) is 11.8 Å². The van der Waals surface area contributed by atoms with Crippen molar-refractivity contribution in [2.24, 2.45) is 0 Å². The quantitative estimate of drug-likeness (QED) is 0.396. The van der Waals surface area contributed by atoms with E-state index in [1.165, 1.54) is 11.3 Å². The Balaban J connectivity index is 1.51. The number of carbonyl (C=O) groups excluding carboxylic acids is 2. The van der Waals surface area contributed by atoms with Gasteiger partial charge in [0.05, 0.1) is 9.78 Å². The van der Waals surface area contributed by atoms with E-state index in [1.54, 1.807) is 29.7 Å². The Morgan fingerprint density at radius 2 is 1.96 bits per heavy atom. The molecule has 1 aliphatic rings. The van der Waals surface area contributed by atoms with Gasteiger partial charge in [0.1, 0.15) is 11.5 Å². The van der Waals surface area contributed by atoms with Gasteiger partial charge in [-0.15, -0.1) is 11.3 Å². The lowest BCUT2D eigenvalue weighted by molar-refractivity contribution is -0.123. The minimum Gasteiger partial charge on any atom is -0.457 e. The van der Waals surface area contributed by atoms with Gasteiger partial charge in [-0.05, 0) is 47.9 Å². The van der Waals surface area contributed by atoms with Crippen LogP contribution in [0.4, 0.5) is 0 Å². The summed E-state index contributed by atoms with van der Waals surface area (Å²) in [6.45, 7) is 0. The zero-order valence-electron chi connectivity index (χ0n) is 14.0. The van der Waals surface area contributed by atoms with Crippen LogP contribution in [0.25, 0.3) is 17.4 Å². The first kappa shape index (κ1) is 19.1. The smallest absolute Gasteiger partial charge is 0.285 e. The first-order valence-electron chi connectivity index (χ1n) is 7.99. The summed E-state index contributed by atoms with van der Waals surface area (Å²) >= 11 is 11.0. The van der Waals surface area contributed by atoms with Crippen molar-refractivity contribution in [3.05, 3.63) is 73.9 Å². The van der Waals surface area contributed by atoms with Gasteiger partial charge < -0.3 is 4.42 Å². The highest BCUT2D eigenvalue weighted by Crippen LogP contribution is 2.33. The van der Waals surface area contributed by atoms with E-state index < -0.39 is 0 Å². The number of amides is 2. The van der Waals surface area contributed by atoms with E-state index in [0.717, 1.165) is 26.8 Å². The molecule has 0 aliphatic carbocycles. The average molecular weight is 491 g/mol. The third-order valence-corrected chi connectivity index (χ3v) is 6.48. The molecule has 0 radical (unpaired) electrons. The Morgan fingerprint density at radius 1 is 1.18 bits per heavy atom. The standard InChI is InChI=1S/C19H11BrN2O3S3/c20-12-5-3-11(4-6-12)14-8-7-13(25-14)10-16-18(24)22(19(26)28-16)21-17(23)15-2-1-9-27-15/h1-10H,(H,21,23)/b16-10+. The summed E-state index contributed by atoms with van der Waals surface area (Å²) in [5.74, 6) is 0.466. The molecule has 5 nitrogen and oxygen atoms in total. The van der Waals surface area contributed by atoms with Gasteiger partial charge >= 0.3 is 0 Å². The van der Waals surface area contributed by atoms with Crippen LogP contribution in [0.3, 0.4) is 0 Å². The van der Waals surface area contributed by atoms with Crippen LogP contribution in [0.2, 0.25) is 0 Å². The molecule has 0 saturated carbocycles. The number of hydrazine groups is 1. The molecule has 0 bridgehead atoms. The second-order valence-corrected chi connectivity index (χ2v) is 9.18. The molecule has 28 heavy (non-hydrogen) atoms. The highest BCUT2D eigenvalue weighted by Gasteiger charge is 2.34. The molecule has 4 rings (SSSR count). The fraction of sp³-hybridized carbons (Fsp3) is 0. The molecule has 0 unspecified atom stereocenters. The van der Waals surface area contributed by atoms with Crippen LogP contribution < -0.4 is 5.43 Å². The first-order valence-corrected chi connectivity index (χ1v) is 10.9. The lowest BCUT2D eigenvalue weighted by Crippen LogP contribution is -2.44. The van der Waals surface area contributed by atoms with Crippen LogP contribution in [0.15, 0.2) is 67.7 Å². The number of thiocarbonyl (C=S) groups is 1. The largest absolute Gasteiger partial charge is 0.457 e. The Bertz CT molecular complexity index is 1090. The summed E-state index contributed by atoms with van der Waals surface area (Å²) in [5.41, 5.74) is 3.48. The van der Waals surface area contributed by atoms with E-state index in [0.29, 0.717) is 21.3 Å². The number of benzene rings is 1. The highest BCUT2D eigenvalue weighted by molar-refractivity contribution is 9.10. The van der Waals surface area contributed by atoms with Gasteiger partial charge in [0.2, 0.25) is 0 Å². The van der Waals surface area contributed by atoms with Gasteiger partial charge in [-0.1, -0.05) is 45.9 Å². The van der Waals surface area contributed by atoms with Crippen LogP contribution in [-0.4, -0.2) is 21.1 Å². The molecule has 9 heteroatoms. The van der Waals surface area contributed by atoms with Crippen molar-refractivity contribution in [3.8, 4) is 11.3 Å². The Labute approximate surface area is 182 Å². The van der Waals surface area contributed by atoms with E-state index in [2.05, 4.69) is 21.4 Å². The average Bonchev–Trinajstić information content (AvgIpc) is 3.41. The number of halogens is 1. The molecule has 1 aromatic carbocycles. The van der Waals surface area contributed by atoms with Crippen molar-refractivity contribution < 1.29 is 14.0 Å². The summed E-state index contributed by atoms with van der Waals surface area (Å²) in [7, 11) is 0. The molecule has 1 N–H and O–H groups in total. The Hall–Kier alpha value is -2.20. The maximum atomic E-state index is 12.6. The fourth-order valence-corrected chi connectivity index (χ4v) is 4.49. The van der Waals surface area contributed by atoms with Crippen LogP contribution in [0.5, 0.6) is 0 Å². The topological polar surface area (TPSA) is 62.6 Å². The second-order valence-electron chi connectivity index (χ2n) is 5.64. The molecule has 3 heterocycles. The summed E-state index contributed by atoms with van der Waals surface area (Å²) < 4.78 is 7.07. The molecule has 0 spiro atoms. The minimum absolute atomic E-state index is 0.265. The SMILES string of the molecule is O=C(NN1C(=O)/C(=C\c2ccc(-c3ccc(Br)cc3)o2)SC1=S)c1cccs1. The van der Waals surface area contributed by atoms with Crippen molar-refractivity contribution in [2.45, 2.75) is 0 Å². The van der Waals surface area contributed by atoms with E-state index in [4.69, 9.17) is 16.6 Å². The maximum absolute atomic E-state index is 12.6. The molecule has 0 atom stereocenters. The summed E-state index contributed by atoms with van der Waals surface area (Å²) in [6, 6.07) is 14.8. The fourth-order valence-electron chi connectivity index (χ4n) is 2.46. The number of rotatable bonds is 4. The van der Waals surface area contributed by atoms with Crippen LogP contribution >= 0.6 is 51.2 Å². The lowest BCUT2D eigenvalue weighted by atomic mass is 10.2. The molecule has 1 aliphatic heterocycles. The number of thiophene rings is 1. The number of nitrogens with zero attached hydrogens (tertiary/aromatic N) is 1. The van der Waals surface area contributed by atoms with Crippen molar-refractivity contribution in [1.82, 2.24) is 10.4 Å². The number of hydrogen-bond donors (Lipinski definition) is 1. The number of hydrogen-bond acceptors (Lipinski definition) is 6. The van der Waals surface area contributed by atoms with Crippen molar-refractivity contribution >= 4 is 73.5 Å². The normalized spacial score (nSPS) is 15.5. The van der Waals surface area contributed by atoms with Gasteiger partial charge in [-0.2, -0.15) is 5.01 Å². The number of thioether (sulfide) groups is 1. The number of nitrogens with one attached hydrogen (secondary N) is 1. The number of furan rings is 1. The molecular weight excluding hydrogens is 480 g/mol.